The molecular weight excluding hydrogens is 578 g/mol. The van der Waals surface area contributed by atoms with E-state index in [9.17, 15) is 0 Å². The number of benzene rings is 6. The van der Waals surface area contributed by atoms with E-state index in [0.717, 1.165) is 0 Å². The molecule has 0 spiro atoms. The van der Waals surface area contributed by atoms with E-state index in [-0.39, 0.29) is 0 Å². The second-order valence-electron chi connectivity index (χ2n) is 8.95. The first-order chi connectivity index (χ1) is 18.9. The van der Waals surface area contributed by atoms with E-state index in [1.807, 2.05) is 0 Å². The zero-order valence-electron chi connectivity index (χ0n) is 21.3. The molecule has 0 fully saturated rings. The van der Waals surface area contributed by atoms with Gasteiger partial charge in [-0.1, -0.05) is 0 Å². The van der Waals surface area contributed by atoms with Crippen LogP contribution in [0.4, 0.5) is 0 Å². The molecule has 0 amide bonds. The van der Waals surface area contributed by atoms with Gasteiger partial charge in [0.05, 0.1) is 0 Å². The first kappa shape index (κ1) is 26.0. The van der Waals surface area contributed by atoms with Gasteiger partial charge in [-0.3, -0.25) is 0 Å². The van der Waals surface area contributed by atoms with Gasteiger partial charge < -0.3 is 0 Å². The third kappa shape index (κ3) is 6.83. The molecule has 6 aromatic carbocycles. The van der Waals surface area contributed by atoms with E-state index in [1.165, 1.54) is 26.4 Å². The van der Waals surface area contributed by atoms with E-state index < -0.39 is 28.7 Å². The molecular formula is C36H30Ge2. The molecule has 0 aliphatic heterocycles. The molecule has 0 bridgehead atoms. The Bertz CT molecular complexity index is 1170. The first-order valence-electron chi connectivity index (χ1n) is 13.0. The molecule has 2 heteroatoms. The summed E-state index contributed by atoms with van der Waals surface area (Å²) in [4.78, 5) is 0. The van der Waals surface area contributed by atoms with Gasteiger partial charge in [-0.2, -0.15) is 0 Å². The Morgan fingerprint density at radius 3 is 0.447 bits per heavy atom. The molecule has 0 atom stereocenters. The van der Waals surface area contributed by atoms with Gasteiger partial charge in [-0.05, 0) is 0 Å². The van der Waals surface area contributed by atoms with Crippen LogP contribution in [0.3, 0.4) is 0 Å². The van der Waals surface area contributed by atoms with E-state index in [4.69, 9.17) is 0 Å². The van der Waals surface area contributed by atoms with Crippen molar-refractivity contribution >= 4 is 55.1 Å². The number of hydrogen-bond acceptors (Lipinski definition) is 0. The quantitative estimate of drug-likeness (QED) is 0.246. The maximum atomic E-state index is 2.27. The molecule has 2 radical (unpaired) electrons. The molecule has 6 aromatic rings. The van der Waals surface area contributed by atoms with Crippen LogP contribution >= 0.6 is 0 Å². The van der Waals surface area contributed by atoms with Crippen LogP contribution in [0.5, 0.6) is 0 Å². The zero-order valence-corrected chi connectivity index (χ0v) is 25.5. The molecule has 0 saturated heterocycles. The van der Waals surface area contributed by atoms with Gasteiger partial charge in [0, 0.05) is 0 Å². The second-order valence-corrected chi connectivity index (χ2v) is 19.4. The van der Waals surface area contributed by atoms with Crippen molar-refractivity contribution in [2.75, 3.05) is 0 Å². The summed E-state index contributed by atoms with van der Waals surface area (Å²) in [6, 6.07) is 65.6. The monoisotopic (exact) mass is 610 g/mol. The van der Waals surface area contributed by atoms with Gasteiger partial charge in [0.25, 0.3) is 0 Å². The molecule has 6 rings (SSSR count). The van der Waals surface area contributed by atoms with Crippen molar-refractivity contribution in [2.45, 2.75) is 0 Å². The normalized spacial score (nSPS) is 10.6. The van der Waals surface area contributed by atoms with Crippen molar-refractivity contribution < 1.29 is 0 Å². The van der Waals surface area contributed by atoms with Gasteiger partial charge >= 0.3 is 237 Å². The third-order valence-electron chi connectivity index (χ3n) is 6.37. The van der Waals surface area contributed by atoms with E-state index in [1.54, 1.807) is 0 Å². The van der Waals surface area contributed by atoms with E-state index in [2.05, 4.69) is 182 Å². The Kier molecular flexibility index (Phi) is 9.46. The van der Waals surface area contributed by atoms with Crippen molar-refractivity contribution in [1.82, 2.24) is 0 Å². The van der Waals surface area contributed by atoms with Crippen LogP contribution in [-0.2, 0) is 0 Å². The zero-order chi connectivity index (χ0) is 25.8. The fraction of sp³-hybridized carbons (Fsp3) is 0. The fourth-order valence-corrected chi connectivity index (χ4v) is 15.4. The molecule has 38 heavy (non-hydrogen) atoms. The van der Waals surface area contributed by atoms with Crippen molar-refractivity contribution in [1.29, 1.82) is 0 Å². The van der Waals surface area contributed by atoms with Crippen molar-refractivity contribution in [3.05, 3.63) is 182 Å². The Morgan fingerprint density at radius 1 is 0.184 bits per heavy atom. The molecule has 0 heterocycles. The minimum atomic E-state index is -1.63. The van der Waals surface area contributed by atoms with E-state index >= 15 is 0 Å². The van der Waals surface area contributed by atoms with Crippen LogP contribution in [0.15, 0.2) is 182 Å². The molecule has 0 aliphatic carbocycles. The summed E-state index contributed by atoms with van der Waals surface area (Å²) in [5, 5.41) is 0. The van der Waals surface area contributed by atoms with Crippen molar-refractivity contribution in [2.24, 2.45) is 0 Å². The topological polar surface area (TPSA) is 0 Å². The third-order valence-corrected chi connectivity index (χ3v) is 17.8. The van der Waals surface area contributed by atoms with Crippen LogP contribution in [-0.4, -0.2) is 28.7 Å². The van der Waals surface area contributed by atoms with E-state index in [0.29, 0.717) is 0 Å². The molecule has 0 unspecified atom stereocenters. The van der Waals surface area contributed by atoms with Crippen LogP contribution in [0, 0.1) is 0 Å². The summed E-state index contributed by atoms with van der Waals surface area (Å²) in [6.45, 7) is 0. The number of hydrogen-bond donors (Lipinski definition) is 0. The molecule has 0 nitrogen and oxygen atoms in total. The van der Waals surface area contributed by atoms with Gasteiger partial charge in [0.1, 0.15) is 0 Å². The standard InChI is InChI=1S/2C18H15Ge/c2*1-4-10-16(11-5-1)19(17-12-6-2-7-13-17)18-14-8-3-9-15-18/h2*1-15H. The van der Waals surface area contributed by atoms with Crippen LogP contribution in [0.2, 0.25) is 0 Å². The molecule has 0 aliphatic rings. The number of rotatable bonds is 6. The fourth-order valence-electron chi connectivity index (χ4n) is 4.63. The first-order valence-corrected chi connectivity index (χ1v) is 19.3. The second kappa shape index (κ2) is 13.8. The Morgan fingerprint density at radius 2 is 0.316 bits per heavy atom. The van der Waals surface area contributed by atoms with Gasteiger partial charge in [-0.25, -0.2) is 0 Å². The van der Waals surface area contributed by atoms with Crippen LogP contribution in [0.1, 0.15) is 0 Å². The Labute approximate surface area is 235 Å². The van der Waals surface area contributed by atoms with Crippen LogP contribution < -0.4 is 26.4 Å². The Balaban J connectivity index is 0.000000155. The SMILES string of the molecule is c1cc[c]([Ge]([c]2ccccc2)[c]2ccccc2)cc1.c1cc[c]([Ge]([c]2ccccc2)[c]2ccccc2)cc1. The molecule has 182 valence electrons. The molecule has 0 saturated carbocycles. The predicted octanol–water partition coefficient (Wildman–Crippen LogP) is 4.41. The van der Waals surface area contributed by atoms with Gasteiger partial charge in [0.15, 0.2) is 0 Å². The van der Waals surface area contributed by atoms with Crippen molar-refractivity contribution in [3.8, 4) is 0 Å². The summed E-state index contributed by atoms with van der Waals surface area (Å²) in [5.74, 6) is 0. The average Bonchev–Trinajstić information content (AvgIpc) is 3.01. The van der Waals surface area contributed by atoms with Gasteiger partial charge in [-0.15, -0.1) is 0 Å². The van der Waals surface area contributed by atoms with Gasteiger partial charge in [0.2, 0.25) is 0 Å². The molecule has 0 N–H and O–H groups in total. The van der Waals surface area contributed by atoms with Crippen LogP contribution in [0.25, 0.3) is 0 Å². The summed E-state index contributed by atoms with van der Waals surface area (Å²) in [6.07, 6.45) is 0. The average molecular weight is 608 g/mol. The maximum absolute atomic E-state index is 2.27. The summed E-state index contributed by atoms with van der Waals surface area (Å²) in [5.41, 5.74) is 0. The van der Waals surface area contributed by atoms with Crippen molar-refractivity contribution in [3.63, 3.8) is 0 Å². The molecule has 0 aromatic heterocycles. The predicted molar refractivity (Wildman–Crippen MR) is 168 cm³/mol. The Hall–Kier alpha value is -3.59. The minimum absolute atomic E-state index is 1.50. The summed E-state index contributed by atoms with van der Waals surface area (Å²) >= 11 is -3.26. The summed E-state index contributed by atoms with van der Waals surface area (Å²) < 4.78 is 9.00. The summed E-state index contributed by atoms with van der Waals surface area (Å²) in [7, 11) is 0.